The fraction of sp³-hybridized carbons (Fsp3) is 0.222. The molecule has 0 amide bonds. The van der Waals surface area contributed by atoms with Crippen molar-refractivity contribution in [3.8, 4) is 5.75 Å². The molecule has 1 atom stereocenters. The van der Waals surface area contributed by atoms with Gasteiger partial charge in [0.2, 0.25) is 0 Å². The SMILES string of the molecule is N[C@@H]1COc2ccc(Cl)c(C(=O)O)c21. The molecule has 0 saturated carbocycles. The molecule has 0 spiro atoms. The first-order valence-corrected chi connectivity index (χ1v) is 4.43. The van der Waals surface area contributed by atoms with Crippen LogP contribution in [0.3, 0.4) is 0 Å². The zero-order valence-corrected chi connectivity index (χ0v) is 7.91. The number of halogens is 1. The molecule has 74 valence electrons. The summed E-state index contributed by atoms with van der Waals surface area (Å²) in [7, 11) is 0. The highest BCUT2D eigenvalue weighted by atomic mass is 35.5. The molecule has 1 aromatic rings. The van der Waals surface area contributed by atoms with E-state index in [1.807, 2.05) is 0 Å². The number of benzene rings is 1. The summed E-state index contributed by atoms with van der Waals surface area (Å²) in [4.78, 5) is 10.9. The Kier molecular flexibility index (Phi) is 2.09. The predicted octanol–water partition coefficient (Wildman–Crippen LogP) is 1.43. The monoisotopic (exact) mass is 213 g/mol. The molecule has 3 N–H and O–H groups in total. The Hall–Kier alpha value is -1.26. The summed E-state index contributed by atoms with van der Waals surface area (Å²) in [5, 5.41) is 9.14. The summed E-state index contributed by atoms with van der Waals surface area (Å²) in [5.41, 5.74) is 6.25. The standard InChI is InChI=1S/C9H8ClNO3/c10-4-1-2-6-8(5(11)3-14-6)7(4)9(12)13/h1-2,5H,3,11H2,(H,12,13)/t5-/m1/s1. The fourth-order valence-electron chi connectivity index (χ4n) is 1.55. The molecule has 2 rings (SSSR count). The van der Waals surface area contributed by atoms with Crippen molar-refractivity contribution in [2.45, 2.75) is 6.04 Å². The molecule has 0 unspecified atom stereocenters. The molecule has 0 aliphatic carbocycles. The third-order valence-corrected chi connectivity index (χ3v) is 2.47. The first-order valence-electron chi connectivity index (χ1n) is 4.05. The van der Waals surface area contributed by atoms with Crippen molar-refractivity contribution >= 4 is 17.6 Å². The summed E-state index contributed by atoms with van der Waals surface area (Å²) >= 11 is 5.78. The molecule has 1 aliphatic heterocycles. The number of carboxylic acids is 1. The minimum atomic E-state index is -1.08. The van der Waals surface area contributed by atoms with E-state index in [-0.39, 0.29) is 10.6 Å². The third-order valence-electron chi connectivity index (χ3n) is 2.16. The quantitative estimate of drug-likeness (QED) is 0.740. The van der Waals surface area contributed by atoms with E-state index in [0.29, 0.717) is 17.9 Å². The smallest absolute Gasteiger partial charge is 0.337 e. The van der Waals surface area contributed by atoms with E-state index in [1.165, 1.54) is 6.07 Å². The van der Waals surface area contributed by atoms with Crippen molar-refractivity contribution in [2.75, 3.05) is 6.61 Å². The van der Waals surface area contributed by atoms with Crippen LogP contribution in [0.25, 0.3) is 0 Å². The van der Waals surface area contributed by atoms with Crippen LogP contribution in [-0.4, -0.2) is 17.7 Å². The summed E-state index contributed by atoms with van der Waals surface area (Å²) < 4.78 is 5.21. The zero-order chi connectivity index (χ0) is 10.3. The van der Waals surface area contributed by atoms with Gasteiger partial charge in [0, 0.05) is 5.56 Å². The fourth-order valence-corrected chi connectivity index (χ4v) is 1.79. The first-order chi connectivity index (χ1) is 6.61. The van der Waals surface area contributed by atoms with Crippen molar-refractivity contribution < 1.29 is 14.6 Å². The molecule has 1 heterocycles. The van der Waals surface area contributed by atoms with Gasteiger partial charge in [0.05, 0.1) is 16.6 Å². The predicted molar refractivity (Wildman–Crippen MR) is 50.8 cm³/mol. The molecule has 0 fully saturated rings. The van der Waals surface area contributed by atoms with E-state index in [4.69, 9.17) is 27.2 Å². The Labute approximate surface area is 85.2 Å². The molecule has 14 heavy (non-hydrogen) atoms. The van der Waals surface area contributed by atoms with Crippen molar-refractivity contribution in [3.63, 3.8) is 0 Å². The number of aromatic carboxylic acids is 1. The van der Waals surface area contributed by atoms with Gasteiger partial charge in [-0.1, -0.05) is 11.6 Å². The Balaban J connectivity index is 2.68. The van der Waals surface area contributed by atoms with Gasteiger partial charge in [-0.3, -0.25) is 0 Å². The van der Waals surface area contributed by atoms with E-state index >= 15 is 0 Å². The number of carboxylic acid groups (broad SMARTS) is 1. The van der Waals surface area contributed by atoms with Gasteiger partial charge < -0.3 is 15.6 Å². The number of nitrogens with two attached hydrogens (primary N) is 1. The Morgan fingerprint density at radius 3 is 3.00 bits per heavy atom. The average Bonchev–Trinajstić information content (AvgIpc) is 2.47. The van der Waals surface area contributed by atoms with Gasteiger partial charge in [0.15, 0.2) is 0 Å². The average molecular weight is 214 g/mol. The number of fused-ring (bicyclic) bond motifs is 1. The van der Waals surface area contributed by atoms with Gasteiger partial charge in [0.1, 0.15) is 12.4 Å². The van der Waals surface area contributed by atoms with Crippen LogP contribution >= 0.6 is 11.6 Å². The highest BCUT2D eigenvalue weighted by molar-refractivity contribution is 6.33. The Morgan fingerprint density at radius 1 is 1.64 bits per heavy atom. The summed E-state index contributed by atoms with van der Waals surface area (Å²) in [6.07, 6.45) is 0. The molecule has 0 aromatic heterocycles. The van der Waals surface area contributed by atoms with E-state index in [2.05, 4.69) is 0 Å². The highest BCUT2D eigenvalue weighted by Gasteiger charge is 2.28. The largest absolute Gasteiger partial charge is 0.491 e. The van der Waals surface area contributed by atoms with Gasteiger partial charge in [-0.2, -0.15) is 0 Å². The van der Waals surface area contributed by atoms with Crippen LogP contribution < -0.4 is 10.5 Å². The second kappa shape index (κ2) is 3.15. The lowest BCUT2D eigenvalue weighted by Crippen LogP contribution is -2.14. The number of carbonyl (C=O) groups is 1. The molecule has 0 saturated heterocycles. The molecule has 1 aliphatic rings. The topological polar surface area (TPSA) is 72.5 Å². The van der Waals surface area contributed by atoms with Crippen LogP contribution in [0.5, 0.6) is 5.75 Å². The van der Waals surface area contributed by atoms with Gasteiger partial charge >= 0.3 is 5.97 Å². The second-order valence-electron chi connectivity index (χ2n) is 3.06. The minimum absolute atomic E-state index is 0.0502. The van der Waals surface area contributed by atoms with Gasteiger partial charge in [-0.05, 0) is 12.1 Å². The van der Waals surface area contributed by atoms with E-state index in [0.717, 1.165) is 0 Å². The Morgan fingerprint density at radius 2 is 2.36 bits per heavy atom. The van der Waals surface area contributed by atoms with Crippen molar-refractivity contribution in [2.24, 2.45) is 5.73 Å². The van der Waals surface area contributed by atoms with E-state index < -0.39 is 12.0 Å². The van der Waals surface area contributed by atoms with Crippen LogP contribution in [0.4, 0.5) is 0 Å². The first kappa shape index (κ1) is 9.30. The van der Waals surface area contributed by atoms with Crippen molar-refractivity contribution in [1.29, 1.82) is 0 Å². The van der Waals surface area contributed by atoms with Crippen LogP contribution in [0, 0.1) is 0 Å². The minimum Gasteiger partial charge on any atom is -0.491 e. The number of rotatable bonds is 1. The molecule has 0 bridgehead atoms. The third kappa shape index (κ3) is 1.23. The van der Waals surface area contributed by atoms with E-state index in [9.17, 15) is 4.79 Å². The van der Waals surface area contributed by atoms with Gasteiger partial charge in [-0.25, -0.2) is 4.79 Å². The maximum atomic E-state index is 10.9. The van der Waals surface area contributed by atoms with Crippen LogP contribution in [0.15, 0.2) is 12.1 Å². The molecule has 0 radical (unpaired) electrons. The lowest BCUT2D eigenvalue weighted by atomic mass is 10.0. The number of hydrogen-bond donors (Lipinski definition) is 2. The molecular formula is C9H8ClNO3. The van der Waals surface area contributed by atoms with Crippen LogP contribution in [0.2, 0.25) is 5.02 Å². The molecular weight excluding hydrogens is 206 g/mol. The maximum absolute atomic E-state index is 10.9. The summed E-state index contributed by atoms with van der Waals surface area (Å²) in [5.74, 6) is -0.563. The van der Waals surface area contributed by atoms with Gasteiger partial charge in [0.25, 0.3) is 0 Å². The number of hydrogen-bond acceptors (Lipinski definition) is 3. The van der Waals surface area contributed by atoms with Crippen molar-refractivity contribution in [3.05, 3.63) is 28.3 Å². The Bertz CT molecular complexity index is 405. The zero-order valence-electron chi connectivity index (χ0n) is 7.16. The van der Waals surface area contributed by atoms with Crippen LogP contribution in [0.1, 0.15) is 22.0 Å². The highest BCUT2D eigenvalue weighted by Crippen LogP contribution is 2.37. The summed E-state index contributed by atoms with van der Waals surface area (Å²) in [6, 6.07) is 2.73. The number of ether oxygens (including phenoxy) is 1. The van der Waals surface area contributed by atoms with Gasteiger partial charge in [-0.15, -0.1) is 0 Å². The normalized spacial score (nSPS) is 18.9. The molecule has 5 heteroatoms. The second-order valence-corrected chi connectivity index (χ2v) is 3.46. The molecule has 1 aromatic carbocycles. The lowest BCUT2D eigenvalue weighted by molar-refractivity contribution is 0.0695. The summed E-state index contributed by atoms with van der Waals surface area (Å²) in [6.45, 7) is 0.302. The lowest BCUT2D eigenvalue weighted by Gasteiger charge is -2.07. The molecule has 4 nitrogen and oxygen atoms in total. The van der Waals surface area contributed by atoms with Crippen LogP contribution in [-0.2, 0) is 0 Å². The van der Waals surface area contributed by atoms with E-state index in [1.54, 1.807) is 6.07 Å². The maximum Gasteiger partial charge on any atom is 0.337 e. The van der Waals surface area contributed by atoms with Crippen molar-refractivity contribution in [1.82, 2.24) is 0 Å².